The molecule has 0 bridgehead atoms. The summed E-state index contributed by atoms with van der Waals surface area (Å²) < 4.78 is 6.79. The maximum absolute atomic E-state index is 11.6. The van der Waals surface area contributed by atoms with Crippen LogP contribution in [0.25, 0.3) is 0 Å². The van der Waals surface area contributed by atoms with Gasteiger partial charge in [0, 0.05) is 15.5 Å². The van der Waals surface area contributed by atoms with E-state index in [1.165, 1.54) is 12.7 Å². The third kappa shape index (κ3) is 2.36. The number of carbonyl (C=O) groups is 1. The van der Waals surface area contributed by atoms with E-state index < -0.39 is 0 Å². The molecule has 1 aliphatic heterocycles. The second-order valence-corrected chi connectivity index (χ2v) is 5.81. The standard InChI is InChI=1S/C12H13Br2NO2/c1-7-5-8(13)11(9(14)6-7)15-4-3-10(15)12(16)17-2/h5-6,10H,3-4H2,1-2H3. The molecule has 2 rings (SSSR count). The van der Waals surface area contributed by atoms with E-state index in [0.717, 1.165) is 27.6 Å². The lowest BCUT2D eigenvalue weighted by Gasteiger charge is -2.41. The lowest BCUT2D eigenvalue weighted by molar-refractivity contribution is -0.143. The van der Waals surface area contributed by atoms with Crippen molar-refractivity contribution in [2.24, 2.45) is 0 Å². The van der Waals surface area contributed by atoms with Gasteiger partial charge in [0.2, 0.25) is 0 Å². The predicted molar refractivity (Wildman–Crippen MR) is 74.3 cm³/mol. The smallest absolute Gasteiger partial charge is 0.328 e. The zero-order valence-electron chi connectivity index (χ0n) is 9.67. The molecule has 1 saturated heterocycles. The van der Waals surface area contributed by atoms with E-state index in [2.05, 4.69) is 36.8 Å². The van der Waals surface area contributed by atoms with Gasteiger partial charge < -0.3 is 9.64 Å². The molecule has 92 valence electrons. The molecule has 5 heteroatoms. The molecule has 1 heterocycles. The Kier molecular flexibility index (Phi) is 3.78. The second kappa shape index (κ2) is 4.98. The van der Waals surface area contributed by atoms with Gasteiger partial charge in [-0.1, -0.05) is 0 Å². The number of rotatable bonds is 2. The van der Waals surface area contributed by atoms with Crippen molar-refractivity contribution in [3.05, 3.63) is 26.6 Å². The van der Waals surface area contributed by atoms with Crippen molar-refractivity contribution in [2.75, 3.05) is 18.6 Å². The summed E-state index contributed by atoms with van der Waals surface area (Å²) in [5.41, 5.74) is 2.19. The van der Waals surface area contributed by atoms with Gasteiger partial charge in [0.1, 0.15) is 6.04 Å². The van der Waals surface area contributed by atoms with Crippen LogP contribution in [0.5, 0.6) is 0 Å². The summed E-state index contributed by atoms with van der Waals surface area (Å²) in [6.45, 7) is 2.91. The summed E-state index contributed by atoms with van der Waals surface area (Å²) in [6, 6.07) is 3.94. The Balaban J connectivity index is 2.32. The molecule has 0 spiro atoms. The van der Waals surface area contributed by atoms with Gasteiger partial charge in [-0.05, 0) is 62.9 Å². The first-order chi connectivity index (χ1) is 8.04. The average Bonchev–Trinajstić information content (AvgIpc) is 2.21. The molecule has 1 aromatic rings. The highest BCUT2D eigenvalue weighted by Gasteiger charge is 2.36. The van der Waals surface area contributed by atoms with Crippen molar-refractivity contribution in [1.29, 1.82) is 0 Å². The maximum atomic E-state index is 11.6. The Bertz CT molecular complexity index is 439. The van der Waals surface area contributed by atoms with Crippen LogP contribution in [-0.4, -0.2) is 25.7 Å². The molecule has 3 nitrogen and oxygen atoms in total. The lowest BCUT2D eigenvalue weighted by atomic mass is 10.0. The van der Waals surface area contributed by atoms with Crippen LogP contribution in [0.3, 0.4) is 0 Å². The van der Waals surface area contributed by atoms with Gasteiger partial charge in [-0.25, -0.2) is 4.79 Å². The number of anilines is 1. The number of hydrogen-bond acceptors (Lipinski definition) is 3. The molecule has 0 saturated carbocycles. The van der Waals surface area contributed by atoms with Crippen LogP contribution < -0.4 is 4.90 Å². The van der Waals surface area contributed by atoms with Crippen LogP contribution in [0, 0.1) is 6.92 Å². The molecule has 0 aliphatic carbocycles. The summed E-state index contributed by atoms with van der Waals surface area (Å²) >= 11 is 7.10. The number of halogens is 2. The van der Waals surface area contributed by atoms with Crippen LogP contribution in [-0.2, 0) is 9.53 Å². The zero-order valence-corrected chi connectivity index (χ0v) is 12.8. The van der Waals surface area contributed by atoms with Gasteiger partial charge >= 0.3 is 5.97 Å². The van der Waals surface area contributed by atoms with Gasteiger partial charge in [0.25, 0.3) is 0 Å². The molecule has 1 atom stereocenters. The zero-order chi connectivity index (χ0) is 12.6. The summed E-state index contributed by atoms with van der Waals surface area (Å²) in [7, 11) is 1.43. The highest BCUT2D eigenvalue weighted by molar-refractivity contribution is 9.11. The largest absolute Gasteiger partial charge is 0.467 e. The Labute approximate surface area is 117 Å². The number of carbonyl (C=O) groups excluding carboxylic acids is 1. The predicted octanol–water partition coefficient (Wildman–Crippen LogP) is 3.27. The summed E-state index contributed by atoms with van der Waals surface area (Å²) in [4.78, 5) is 13.6. The fraction of sp³-hybridized carbons (Fsp3) is 0.417. The normalized spacial score (nSPS) is 18.8. The van der Waals surface area contributed by atoms with Crippen LogP contribution in [0.2, 0.25) is 0 Å². The van der Waals surface area contributed by atoms with Gasteiger partial charge in [-0.3, -0.25) is 0 Å². The number of ether oxygens (including phenoxy) is 1. The third-order valence-corrected chi connectivity index (χ3v) is 4.15. The Morgan fingerprint density at radius 2 is 2.00 bits per heavy atom. The highest BCUT2D eigenvalue weighted by atomic mass is 79.9. The number of aryl methyl sites for hydroxylation is 1. The first kappa shape index (κ1) is 12.9. The van der Waals surface area contributed by atoms with Crippen molar-refractivity contribution in [1.82, 2.24) is 0 Å². The van der Waals surface area contributed by atoms with Gasteiger partial charge in [-0.2, -0.15) is 0 Å². The SMILES string of the molecule is COC(=O)C1CCN1c1c(Br)cc(C)cc1Br. The topological polar surface area (TPSA) is 29.5 Å². The lowest BCUT2D eigenvalue weighted by Crippen LogP contribution is -2.53. The van der Waals surface area contributed by atoms with E-state index in [0.29, 0.717) is 0 Å². The van der Waals surface area contributed by atoms with Gasteiger partial charge in [0.05, 0.1) is 12.8 Å². The average molecular weight is 363 g/mol. The monoisotopic (exact) mass is 361 g/mol. The van der Waals surface area contributed by atoms with Crippen molar-refractivity contribution in [3.63, 3.8) is 0 Å². The van der Waals surface area contributed by atoms with Crippen LogP contribution in [0.15, 0.2) is 21.1 Å². The molecular weight excluding hydrogens is 350 g/mol. The first-order valence-electron chi connectivity index (χ1n) is 5.34. The molecule has 0 N–H and O–H groups in total. The van der Waals surface area contributed by atoms with E-state index in [1.807, 2.05) is 19.1 Å². The molecule has 17 heavy (non-hydrogen) atoms. The number of esters is 1. The van der Waals surface area contributed by atoms with Crippen molar-refractivity contribution < 1.29 is 9.53 Å². The number of methoxy groups -OCH3 is 1. The summed E-state index contributed by atoms with van der Waals surface area (Å²) in [6.07, 6.45) is 0.847. The molecular formula is C12H13Br2NO2. The molecule has 1 aliphatic rings. The minimum atomic E-state index is -0.171. The van der Waals surface area contributed by atoms with E-state index in [9.17, 15) is 4.79 Å². The minimum absolute atomic E-state index is 0.157. The van der Waals surface area contributed by atoms with Crippen molar-refractivity contribution in [3.8, 4) is 0 Å². The minimum Gasteiger partial charge on any atom is -0.467 e. The third-order valence-electron chi connectivity index (χ3n) is 2.94. The second-order valence-electron chi connectivity index (χ2n) is 4.10. The molecule has 0 radical (unpaired) electrons. The quantitative estimate of drug-likeness (QED) is 0.756. The van der Waals surface area contributed by atoms with Gasteiger partial charge in [-0.15, -0.1) is 0 Å². The molecule has 0 aromatic heterocycles. The van der Waals surface area contributed by atoms with Crippen molar-refractivity contribution >= 4 is 43.5 Å². The van der Waals surface area contributed by atoms with Crippen molar-refractivity contribution in [2.45, 2.75) is 19.4 Å². The maximum Gasteiger partial charge on any atom is 0.328 e. The van der Waals surface area contributed by atoms with Crippen LogP contribution >= 0.6 is 31.9 Å². The van der Waals surface area contributed by atoms with E-state index in [-0.39, 0.29) is 12.0 Å². The molecule has 0 amide bonds. The Hall–Kier alpha value is -0.550. The van der Waals surface area contributed by atoms with E-state index >= 15 is 0 Å². The molecule has 1 unspecified atom stereocenters. The molecule has 1 fully saturated rings. The summed E-state index contributed by atoms with van der Waals surface area (Å²) in [5, 5.41) is 0. The Morgan fingerprint density at radius 1 is 1.41 bits per heavy atom. The van der Waals surface area contributed by atoms with E-state index in [1.54, 1.807) is 0 Å². The Morgan fingerprint density at radius 3 is 2.41 bits per heavy atom. The number of benzene rings is 1. The van der Waals surface area contributed by atoms with Crippen LogP contribution in [0.1, 0.15) is 12.0 Å². The fourth-order valence-electron chi connectivity index (χ4n) is 2.00. The van der Waals surface area contributed by atoms with Gasteiger partial charge in [0.15, 0.2) is 0 Å². The molecule has 1 aromatic carbocycles. The number of hydrogen-bond donors (Lipinski definition) is 0. The summed E-state index contributed by atoms with van der Waals surface area (Å²) in [5.74, 6) is -0.171. The highest BCUT2D eigenvalue weighted by Crippen LogP contribution is 2.40. The fourth-order valence-corrected chi connectivity index (χ4v) is 3.87. The van der Waals surface area contributed by atoms with Crippen LogP contribution in [0.4, 0.5) is 5.69 Å². The number of nitrogens with zero attached hydrogens (tertiary/aromatic N) is 1. The first-order valence-corrected chi connectivity index (χ1v) is 6.93. The van der Waals surface area contributed by atoms with E-state index in [4.69, 9.17) is 4.74 Å².